The maximum Gasteiger partial charge on any atom is 0.266 e. The van der Waals surface area contributed by atoms with Crippen LogP contribution in [-0.2, 0) is 4.79 Å². The van der Waals surface area contributed by atoms with Crippen LogP contribution in [0.1, 0.15) is 24.2 Å². The predicted molar refractivity (Wildman–Crippen MR) is 110 cm³/mol. The molecule has 7 nitrogen and oxygen atoms in total. The average molecular weight is 396 g/mol. The fraction of sp³-hybridized carbons (Fsp3) is 0.200. The minimum Gasteiger partial charge on any atom is -0.355 e. The minimum absolute atomic E-state index is 0.233. The first-order chi connectivity index (χ1) is 13.4. The average Bonchev–Trinajstić information content (AvgIpc) is 2.68. The lowest BCUT2D eigenvalue weighted by Gasteiger charge is -2.14. The molecule has 0 unspecified atom stereocenters. The molecule has 1 heterocycles. The molecule has 3 aromatic rings. The second-order valence-corrected chi connectivity index (χ2v) is 6.64. The topological polar surface area (TPSA) is 96.0 Å². The van der Waals surface area contributed by atoms with Gasteiger partial charge in [-0.2, -0.15) is 0 Å². The Labute approximate surface area is 166 Å². The molecule has 0 bridgehead atoms. The van der Waals surface area contributed by atoms with Crippen molar-refractivity contribution < 1.29 is 9.59 Å². The zero-order valence-corrected chi connectivity index (χ0v) is 16.3. The van der Waals surface area contributed by atoms with Gasteiger partial charge in [0.05, 0.1) is 16.6 Å². The molecule has 28 heavy (non-hydrogen) atoms. The van der Waals surface area contributed by atoms with Gasteiger partial charge in [-0.05, 0) is 56.4 Å². The van der Waals surface area contributed by atoms with E-state index in [0.29, 0.717) is 28.7 Å². The maximum absolute atomic E-state index is 12.9. The smallest absolute Gasteiger partial charge is 0.266 e. The van der Waals surface area contributed by atoms with Crippen LogP contribution in [0.15, 0.2) is 53.3 Å². The second kappa shape index (κ2) is 8.18. The summed E-state index contributed by atoms with van der Waals surface area (Å²) >= 11 is 5.35. The zero-order chi connectivity index (χ0) is 20.3. The van der Waals surface area contributed by atoms with Gasteiger partial charge in [0.1, 0.15) is 6.04 Å². The molecule has 0 aliphatic rings. The van der Waals surface area contributed by atoms with Crippen LogP contribution in [0.4, 0.5) is 0 Å². The molecule has 0 saturated heterocycles. The summed E-state index contributed by atoms with van der Waals surface area (Å²) in [6.45, 7) is 3.90. The summed E-state index contributed by atoms with van der Waals surface area (Å²) in [7, 11) is 0. The Morgan fingerprint density at radius 2 is 1.89 bits per heavy atom. The Balaban J connectivity index is 1.97. The number of H-pyrrole nitrogens is 1. The fourth-order valence-electron chi connectivity index (χ4n) is 2.84. The third-order valence-electron chi connectivity index (χ3n) is 4.27. The van der Waals surface area contributed by atoms with E-state index in [1.54, 1.807) is 44.2 Å². The minimum atomic E-state index is -0.673. The van der Waals surface area contributed by atoms with Gasteiger partial charge in [0.25, 0.3) is 11.5 Å². The fourth-order valence-corrected chi connectivity index (χ4v) is 3.14. The first-order valence-electron chi connectivity index (χ1n) is 8.85. The molecule has 3 N–H and O–H groups in total. The number of benzene rings is 2. The Bertz CT molecular complexity index is 1150. The Morgan fingerprint density at radius 3 is 2.57 bits per heavy atom. The molecule has 1 atom stereocenters. The van der Waals surface area contributed by atoms with Crippen LogP contribution >= 0.6 is 12.2 Å². The van der Waals surface area contributed by atoms with E-state index in [4.69, 9.17) is 12.2 Å². The van der Waals surface area contributed by atoms with Gasteiger partial charge < -0.3 is 15.6 Å². The van der Waals surface area contributed by atoms with Crippen LogP contribution in [0.25, 0.3) is 16.6 Å². The molecule has 0 saturated carbocycles. The van der Waals surface area contributed by atoms with Gasteiger partial charge in [0, 0.05) is 12.1 Å². The van der Waals surface area contributed by atoms with Gasteiger partial charge in [0.15, 0.2) is 4.77 Å². The quantitative estimate of drug-likeness (QED) is 0.577. The summed E-state index contributed by atoms with van der Waals surface area (Å²) in [4.78, 5) is 40.1. The van der Waals surface area contributed by atoms with Gasteiger partial charge in [0.2, 0.25) is 5.91 Å². The van der Waals surface area contributed by atoms with Crippen molar-refractivity contribution >= 4 is 34.9 Å². The largest absolute Gasteiger partial charge is 0.355 e. The van der Waals surface area contributed by atoms with E-state index in [1.807, 2.05) is 18.2 Å². The number of aromatic amines is 1. The molecule has 3 rings (SSSR count). The van der Waals surface area contributed by atoms with E-state index in [9.17, 15) is 14.4 Å². The lowest BCUT2D eigenvalue weighted by atomic mass is 10.1. The summed E-state index contributed by atoms with van der Waals surface area (Å²) in [5, 5.41) is 5.70. The summed E-state index contributed by atoms with van der Waals surface area (Å²) in [5.41, 5.74) is 1.17. The Morgan fingerprint density at radius 1 is 1.18 bits per heavy atom. The Hall–Kier alpha value is -3.26. The number of nitrogens with one attached hydrogen (secondary N) is 3. The number of carbonyl (C=O) groups is 2. The van der Waals surface area contributed by atoms with Crippen molar-refractivity contribution in [3.63, 3.8) is 0 Å². The zero-order valence-electron chi connectivity index (χ0n) is 15.5. The molecule has 0 aliphatic heterocycles. The summed E-state index contributed by atoms with van der Waals surface area (Å²) < 4.78 is 1.64. The number of carbonyl (C=O) groups excluding carboxylic acids is 2. The van der Waals surface area contributed by atoms with E-state index in [2.05, 4.69) is 15.6 Å². The number of para-hydroxylation sites is 1. The van der Waals surface area contributed by atoms with Crippen LogP contribution < -0.4 is 16.2 Å². The van der Waals surface area contributed by atoms with E-state index in [-0.39, 0.29) is 16.2 Å². The van der Waals surface area contributed by atoms with Crippen molar-refractivity contribution in [1.29, 1.82) is 0 Å². The Kier molecular flexibility index (Phi) is 5.70. The number of amides is 2. The number of aromatic nitrogens is 2. The first kappa shape index (κ1) is 19.5. The lowest BCUT2D eigenvalue weighted by molar-refractivity contribution is -0.122. The molecule has 0 spiro atoms. The third-order valence-corrected chi connectivity index (χ3v) is 4.55. The highest BCUT2D eigenvalue weighted by Crippen LogP contribution is 2.13. The number of likely N-dealkylation sites (N-methyl/N-ethyl adjacent to an activating group) is 1. The van der Waals surface area contributed by atoms with Crippen molar-refractivity contribution in [2.45, 2.75) is 19.9 Å². The number of hydrogen-bond donors (Lipinski definition) is 3. The van der Waals surface area contributed by atoms with Gasteiger partial charge in [-0.3, -0.25) is 19.0 Å². The van der Waals surface area contributed by atoms with E-state index in [0.717, 1.165) is 0 Å². The molecule has 1 aromatic heterocycles. The molecular formula is C20H20N4O3S. The second-order valence-electron chi connectivity index (χ2n) is 6.26. The number of nitrogens with zero attached hydrogens (tertiary/aromatic N) is 1. The summed E-state index contributed by atoms with van der Waals surface area (Å²) in [6, 6.07) is 13.1. The van der Waals surface area contributed by atoms with Crippen molar-refractivity contribution in [3.05, 3.63) is 69.2 Å². The van der Waals surface area contributed by atoms with Crippen LogP contribution in [0.3, 0.4) is 0 Å². The maximum atomic E-state index is 12.9. The van der Waals surface area contributed by atoms with Crippen LogP contribution in [0.2, 0.25) is 0 Å². The molecular weight excluding hydrogens is 376 g/mol. The molecule has 2 aromatic carbocycles. The summed E-state index contributed by atoms with van der Waals surface area (Å²) in [6.07, 6.45) is 0. The molecule has 144 valence electrons. The van der Waals surface area contributed by atoms with Crippen LogP contribution in [0, 0.1) is 4.77 Å². The van der Waals surface area contributed by atoms with Crippen molar-refractivity contribution in [2.24, 2.45) is 0 Å². The number of fused-ring (bicyclic) bond motifs is 1. The highest BCUT2D eigenvalue weighted by molar-refractivity contribution is 7.71. The predicted octanol–water partition coefficient (Wildman–Crippen LogP) is 2.30. The highest BCUT2D eigenvalue weighted by Gasteiger charge is 2.17. The summed E-state index contributed by atoms with van der Waals surface area (Å²) in [5.74, 6) is -0.672. The standard InChI is InChI=1S/C20H20N4O3S/c1-3-21-17(25)12(2)22-18(26)13-9-10-15-16(11-13)23-20(28)24(19(15)27)14-7-5-4-6-8-14/h4-12H,3H2,1-2H3,(H,21,25)(H,22,26)(H,23,28)/t12-/m1/s1. The van der Waals surface area contributed by atoms with Crippen molar-refractivity contribution in [3.8, 4) is 5.69 Å². The van der Waals surface area contributed by atoms with Gasteiger partial charge in [-0.1, -0.05) is 18.2 Å². The first-order valence-corrected chi connectivity index (χ1v) is 9.26. The lowest BCUT2D eigenvalue weighted by Crippen LogP contribution is -2.44. The molecule has 8 heteroatoms. The van der Waals surface area contributed by atoms with E-state index >= 15 is 0 Å². The molecule has 0 radical (unpaired) electrons. The monoisotopic (exact) mass is 396 g/mol. The molecule has 0 aliphatic carbocycles. The van der Waals surface area contributed by atoms with Gasteiger partial charge >= 0.3 is 0 Å². The van der Waals surface area contributed by atoms with Crippen LogP contribution in [-0.4, -0.2) is 34.0 Å². The van der Waals surface area contributed by atoms with E-state index < -0.39 is 11.9 Å². The van der Waals surface area contributed by atoms with Crippen molar-refractivity contribution in [2.75, 3.05) is 6.54 Å². The van der Waals surface area contributed by atoms with Crippen LogP contribution in [0.5, 0.6) is 0 Å². The molecule has 2 amide bonds. The third kappa shape index (κ3) is 3.86. The SMILES string of the molecule is CCNC(=O)[C@@H](C)NC(=O)c1ccc2c(=O)n(-c3ccccc3)c(=S)[nH]c2c1. The van der Waals surface area contributed by atoms with Gasteiger partial charge in [-0.25, -0.2) is 0 Å². The van der Waals surface area contributed by atoms with Crippen molar-refractivity contribution in [1.82, 2.24) is 20.2 Å². The van der Waals surface area contributed by atoms with Gasteiger partial charge in [-0.15, -0.1) is 0 Å². The molecule has 0 fully saturated rings. The number of hydrogen-bond acceptors (Lipinski definition) is 4. The van der Waals surface area contributed by atoms with E-state index in [1.165, 1.54) is 4.57 Å². The highest BCUT2D eigenvalue weighted by atomic mass is 32.1. The number of rotatable bonds is 5. The normalized spacial score (nSPS) is 11.8.